The lowest BCUT2D eigenvalue weighted by Crippen LogP contribution is -2.33. The number of nitrogens with one attached hydrogen (secondary N) is 1. The number of thiophene rings is 1. The van der Waals surface area contributed by atoms with Crippen molar-refractivity contribution in [3.63, 3.8) is 0 Å². The molecule has 1 N–H and O–H groups in total. The van der Waals surface area contributed by atoms with Crippen molar-refractivity contribution in [1.29, 1.82) is 0 Å². The van der Waals surface area contributed by atoms with Crippen LogP contribution in [-0.4, -0.2) is 25.6 Å². The minimum Gasteiger partial charge on any atom is -0.483 e. The first kappa shape index (κ1) is 18.0. The van der Waals surface area contributed by atoms with E-state index < -0.39 is 6.04 Å². The van der Waals surface area contributed by atoms with Crippen molar-refractivity contribution in [2.75, 3.05) is 13.7 Å². The van der Waals surface area contributed by atoms with Gasteiger partial charge in [0.25, 0.3) is 5.91 Å². The van der Waals surface area contributed by atoms with Crippen LogP contribution in [0.4, 0.5) is 0 Å². The van der Waals surface area contributed by atoms with E-state index in [4.69, 9.17) is 9.47 Å². The molecule has 1 heterocycles. The molecule has 1 aromatic heterocycles. The van der Waals surface area contributed by atoms with Gasteiger partial charge in [-0.2, -0.15) is 0 Å². The monoisotopic (exact) mass is 347 g/mol. The molecule has 1 aromatic carbocycles. The molecule has 1 amide bonds. The van der Waals surface area contributed by atoms with Crippen LogP contribution in [0.15, 0.2) is 35.7 Å². The predicted octanol–water partition coefficient (Wildman–Crippen LogP) is 3.16. The molecule has 128 valence electrons. The molecule has 5 nitrogen and oxygen atoms in total. The van der Waals surface area contributed by atoms with Crippen molar-refractivity contribution in [2.24, 2.45) is 0 Å². The number of carbonyl (C=O) groups is 2. The molecule has 0 fully saturated rings. The van der Waals surface area contributed by atoms with E-state index in [1.165, 1.54) is 18.4 Å². The van der Waals surface area contributed by atoms with Gasteiger partial charge in [-0.1, -0.05) is 18.2 Å². The summed E-state index contributed by atoms with van der Waals surface area (Å²) >= 11 is 1.48. The maximum atomic E-state index is 12.2. The van der Waals surface area contributed by atoms with Gasteiger partial charge in [-0.25, -0.2) is 0 Å². The number of ether oxygens (including phenoxy) is 2. The van der Waals surface area contributed by atoms with Crippen LogP contribution >= 0.6 is 11.3 Å². The summed E-state index contributed by atoms with van der Waals surface area (Å²) in [6, 6.07) is 9.19. The number of benzene rings is 1. The van der Waals surface area contributed by atoms with E-state index in [1.54, 1.807) is 0 Å². The highest BCUT2D eigenvalue weighted by atomic mass is 32.1. The number of esters is 1. The number of hydrogen-bond acceptors (Lipinski definition) is 5. The number of aryl methyl sites for hydroxylation is 2. The Morgan fingerprint density at radius 1 is 1.25 bits per heavy atom. The molecule has 0 saturated carbocycles. The maximum absolute atomic E-state index is 12.2. The Morgan fingerprint density at radius 2 is 2.04 bits per heavy atom. The van der Waals surface area contributed by atoms with Crippen LogP contribution in [0.1, 0.15) is 28.5 Å². The Kier molecular flexibility index (Phi) is 6.37. The zero-order valence-corrected chi connectivity index (χ0v) is 14.8. The number of rotatable bonds is 7. The van der Waals surface area contributed by atoms with Crippen LogP contribution < -0.4 is 10.1 Å². The predicted molar refractivity (Wildman–Crippen MR) is 93.2 cm³/mol. The molecule has 6 heteroatoms. The molecule has 0 saturated heterocycles. The number of amides is 1. The Balaban J connectivity index is 1.97. The van der Waals surface area contributed by atoms with Gasteiger partial charge in [0.1, 0.15) is 5.75 Å². The molecule has 0 spiro atoms. The maximum Gasteiger partial charge on any atom is 0.307 e. The Hall–Kier alpha value is -2.34. The van der Waals surface area contributed by atoms with Crippen molar-refractivity contribution in [2.45, 2.75) is 26.3 Å². The molecule has 24 heavy (non-hydrogen) atoms. The topological polar surface area (TPSA) is 64.6 Å². The molecule has 2 aromatic rings. The summed E-state index contributed by atoms with van der Waals surface area (Å²) < 4.78 is 10.3. The Labute approximate surface area is 145 Å². The first-order chi connectivity index (χ1) is 11.5. The first-order valence-electron chi connectivity index (χ1n) is 7.59. The number of hydrogen-bond donors (Lipinski definition) is 1. The van der Waals surface area contributed by atoms with E-state index in [0.29, 0.717) is 5.75 Å². The van der Waals surface area contributed by atoms with Crippen molar-refractivity contribution in [1.82, 2.24) is 5.32 Å². The van der Waals surface area contributed by atoms with E-state index in [2.05, 4.69) is 5.32 Å². The van der Waals surface area contributed by atoms with Gasteiger partial charge in [-0.15, -0.1) is 11.3 Å². The minimum absolute atomic E-state index is 0.0895. The molecule has 0 radical (unpaired) electrons. The van der Waals surface area contributed by atoms with E-state index in [9.17, 15) is 9.59 Å². The third-order valence-corrected chi connectivity index (χ3v) is 4.51. The van der Waals surface area contributed by atoms with Crippen LogP contribution in [0, 0.1) is 13.8 Å². The van der Waals surface area contributed by atoms with E-state index in [0.717, 1.165) is 16.0 Å². The highest BCUT2D eigenvalue weighted by Gasteiger charge is 2.20. The van der Waals surface area contributed by atoms with Crippen LogP contribution in [-0.2, 0) is 14.3 Å². The quantitative estimate of drug-likeness (QED) is 0.782. The van der Waals surface area contributed by atoms with E-state index >= 15 is 0 Å². The summed E-state index contributed by atoms with van der Waals surface area (Å²) in [5.74, 6) is 0.0353. The smallest absolute Gasteiger partial charge is 0.307 e. The van der Waals surface area contributed by atoms with Crippen molar-refractivity contribution >= 4 is 23.2 Å². The molecule has 0 bridgehead atoms. The summed E-state index contributed by atoms with van der Waals surface area (Å²) in [4.78, 5) is 24.7. The minimum atomic E-state index is -0.410. The molecule has 0 aliphatic rings. The van der Waals surface area contributed by atoms with Gasteiger partial charge in [-0.05, 0) is 42.5 Å². The van der Waals surface area contributed by atoms with Crippen LogP contribution in [0.2, 0.25) is 0 Å². The average Bonchev–Trinajstić information content (AvgIpc) is 3.09. The fraction of sp³-hybridized carbons (Fsp3) is 0.333. The Bertz CT molecular complexity index is 697. The summed E-state index contributed by atoms with van der Waals surface area (Å²) in [5.41, 5.74) is 2.04. The second-order valence-corrected chi connectivity index (χ2v) is 6.45. The van der Waals surface area contributed by atoms with Gasteiger partial charge in [0.15, 0.2) is 6.61 Å². The van der Waals surface area contributed by atoms with Crippen molar-refractivity contribution < 1.29 is 19.1 Å². The lowest BCUT2D eigenvalue weighted by molar-refractivity contribution is -0.141. The zero-order valence-electron chi connectivity index (χ0n) is 14.0. The van der Waals surface area contributed by atoms with Gasteiger partial charge >= 0.3 is 5.97 Å². The van der Waals surface area contributed by atoms with Crippen molar-refractivity contribution in [3.05, 3.63) is 51.7 Å². The first-order valence-corrected chi connectivity index (χ1v) is 8.47. The third kappa shape index (κ3) is 5.09. The molecular formula is C18H21NO4S. The van der Waals surface area contributed by atoms with Gasteiger partial charge in [0, 0.05) is 4.88 Å². The van der Waals surface area contributed by atoms with Gasteiger partial charge in [0.2, 0.25) is 0 Å². The third-order valence-electron chi connectivity index (χ3n) is 3.52. The molecule has 1 atom stereocenters. The van der Waals surface area contributed by atoms with Gasteiger partial charge in [0.05, 0.1) is 19.6 Å². The Morgan fingerprint density at radius 3 is 2.71 bits per heavy atom. The normalized spacial score (nSPS) is 11.6. The molecule has 2 rings (SSSR count). The van der Waals surface area contributed by atoms with Crippen LogP contribution in [0.3, 0.4) is 0 Å². The van der Waals surface area contributed by atoms with E-state index in [1.807, 2.05) is 49.6 Å². The summed E-state index contributed by atoms with van der Waals surface area (Å²) in [7, 11) is 1.33. The zero-order chi connectivity index (χ0) is 17.5. The van der Waals surface area contributed by atoms with Crippen LogP contribution in [0.5, 0.6) is 5.75 Å². The standard InChI is InChI=1S/C18H21NO4S/c1-12-6-7-13(2)15(9-12)23-11-17(20)19-14(10-18(21)22-3)16-5-4-8-24-16/h4-9,14H,10-11H2,1-3H3,(H,19,20). The summed E-state index contributed by atoms with van der Waals surface area (Å²) in [6.07, 6.45) is 0.0895. The summed E-state index contributed by atoms with van der Waals surface area (Å²) in [5, 5.41) is 4.74. The fourth-order valence-corrected chi connectivity index (χ4v) is 2.98. The highest BCUT2D eigenvalue weighted by Crippen LogP contribution is 2.23. The lowest BCUT2D eigenvalue weighted by Gasteiger charge is -2.17. The molecule has 0 aliphatic carbocycles. The summed E-state index contributed by atoms with van der Waals surface area (Å²) in [6.45, 7) is 3.79. The fourth-order valence-electron chi connectivity index (χ4n) is 2.20. The lowest BCUT2D eigenvalue weighted by atomic mass is 10.1. The largest absolute Gasteiger partial charge is 0.483 e. The molecular weight excluding hydrogens is 326 g/mol. The van der Waals surface area contributed by atoms with E-state index in [-0.39, 0.29) is 24.9 Å². The van der Waals surface area contributed by atoms with Crippen LogP contribution in [0.25, 0.3) is 0 Å². The number of methoxy groups -OCH3 is 1. The molecule has 1 unspecified atom stereocenters. The SMILES string of the molecule is COC(=O)CC(NC(=O)COc1cc(C)ccc1C)c1cccs1. The second kappa shape index (κ2) is 8.49. The highest BCUT2D eigenvalue weighted by molar-refractivity contribution is 7.10. The number of carbonyl (C=O) groups excluding carboxylic acids is 2. The van der Waals surface area contributed by atoms with Gasteiger partial charge < -0.3 is 14.8 Å². The average molecular weight is 347 g/mol. The molecule has 0 aliphatic heterocycles. The van der Waals surface area contributed by atoms with Gasteiger partial charge in [-0.3, -0.25) is 9.59 Å². The van der Waals surface area contributed by atoms with Crippen molar-refractivity contribution in [3.8, 4) is 5.75 Å². The second-order valence-electron chi connectivity index (χ2n) is 5.47.